The molecule has 5 aromatic carbocycles. The standard InChI is InChI=1S/C33H27N2O2P/c36-35(37)26-21-19-25(20-22-26)31-23-30(24-11-4-1-5-12-24)29-17-10-18-32(33(29)34-31)38(27-13-6-2-7-14-27)28-15-8-3-9-16-28/h1-22,30-31,34H,23H2/t30-,31+/m1/s1. The fourth-order valence-corrected chi connectivity index (χ4v) is 7.86. The quantitative estimate of drug-likeness (QED) is 0.150. The first-order valence-corrected chi connectivity index (χ1v) is 14.1. The topological polar surface area (TPSA) is 55.2 Å². The Kier molecular flexibility index (Phi) is 6.73. The smallest absolute Gasteiger partial charge is 0.269 e. The van der Waals surface area contributed by atoms with E-state index in [1.165, 1.54) is 32.7 Å². The zero-order valence-electron chi connectivity index (χ0n) is 20.8. The van der Waals surface area contributed by atoms with E-state index in [0.29, 0.717) is 0 Å². The molecule has 0 aromatic heterocycles. The summed E-state index contributed by atoms with van der Waals surface area (Å²) in [4.78, 5) is 10.9. The third-order valence-electron chi connectivity index (χ3n) is 7.22. The maximum atomic E-state index is 11.3. The van der Waals surface area contributed by atoms with Gasteiger partial charge in [0.2, 0.25) is 0 Å². The summed E-state index contributed by atoms with van der Waals surface area (Å²) >= 11 is 0. The fraction of sp³-hybridized carbons (Fsp3) is 0.0909. The highest BCUT2D eigenvalue weighted by atomic mass is 31.1. The first-order valence-electron chi connectivity index (χ1n) is 12.8. The summed E-state index contributed by atoms with van der Waals surface area (Å²) < 4.78 is 0. The van der Waals surface area contributed by atoms with Gasteiger partial charge in [-0.1, -0.05) is 121 Å². The van der Waals surface area contributed by atoms with Crippen molar-refractivity contribution in [2.45, 2.75) is 18.4 Å². The maximum Gasteiger partial charge on any atom is 0.269 e. The summed E-state index contributed by atoms with van der Waals surface area (Å²) in [6.45, 7) is 0. The number of nitrogens with one attached hydrogen (secondary N) is 1. The minimum atomic E-state index is -0.802. The molecule has 0 saturated carbocycles. The Morgan fingerprint density at radius 3 is 1.82 bits per heavy atom. The van der Waals surface area contributed by atoms with Gasteiger partial charge in [0.1, 0.15) is 0 Å². The summed E-state index contributed by atoms with van der Waals surface area (Å²) in [5.74, 6) is 0.205. The Labute approximate surface area is 223 Å². The number of hydrogen-bond donors (Lipinski definition) is 1. The number of non-ortho nitro benzene ring substituents is 1. The Morgan fingerprint density at radius 1 is 0.658 bits per heavy atom. The molecule has 0 fully saturated rings. The first-order chi connectivity index (χ1) is 18.7. The van der Waals surface area contributed by atoms with E-state index in [0.717, 1.165) is 12.0 Å². The van der Waals surface area contributed by atoms with E-state index in [2.05, 4.69) is 115 Å². The number of hydrogen-bond acceptors (Lipinski definition) is 3. The van der Waals surface area contributed by atoms with Crippen LogP contribution in [-0.2, 0) is 0 Å². The monoisotopic (exact) mass is 514 g/mol. The molecule has 1 aliphatic rings. The largest absolute Gasteiger partial charge is 0.377 e. The van der Waals surface area contributed by atoms with Crippen molar-refractivity contribution in [2.75, 3.05) is 5.32 Å². The number of nitrogens with zero attached hydrogens (tertiary/aromatic N) is 1. The van der Waals surface area contributed by atoms with Crippen molar-refractivity contribution in [1.29, 1.82) is 0 Å². The van der Waals surface area contributed by atoms with Crippen LogP contribution in [0, 0.1) is 10.1 Å². The van der Waals surface area contributed by atoms with Gasteiger partial charge in [-0.3, -0.25) is 10.1 Å². The summed E-state index contributed by atoms with van der Waals surface area (Å²) in [6.07, 6.45) is 0.868. The normalized spacial score (nSPS) is 16.4. The van der Waals surface area contributed by atoms with Gasteiger partial charge in [-0.25, -0.2) is 0 Å². The molecule has 0 spiro atoms. The van der Waals surface area contributed by atoms with Crippen LogP contribution in [0.3, 0.4) is 0 Å². The lowest BCUT2D eigenvalue weighted by Crippen LogP contribution is -2.30. The molecule has 0 saturated heterocycles. The number of para-hydroxylation sites is 1. The molecule has 6 rings (SSSR count). The minimum Gasteiger partial charge on any atom is -0.377 e. The van der Waals surface area contributed by atoms with Gasteiger partial charge in [0.05, 0.1) is 11.0 Å². The van der Waals surface area contributed by atoms with E-state index in [4.69, 9.17) is 0 Å². The number of rotatable bonds is 6. The van der Waals surface area contributed by atoms with Crippen molar-refractivity contribution in [3.05, 3.63) is 160 Å². The summed E-state index contributed by atoms with van der Waals surface area (Å²) in [5, 5.41) is 19.1. The van der Waals surface area contributed by atoms with Gasteiger partial charge in [0.15, 0.2) is 0 Å². The van der Waals surface area contributed by atoms with Gasteiger partial charge in [-0.2, -0.15) is 0 Å². The van der Waals surface area contributed by atoms with E-state index in [1.54, 1.807) is 12.1 Å². The molecule has 0 radical (unpaired) electrons. The highest BCUT2D eigenvalue weighted by Gasteiger charge is 2.32. The molecule has 0 unspecified atom stereocenters. The average Bonchev–Trinajstić information content (AvgIpc) is 2.98. The first kappa shape index (κ1) is 24.1. The van der Waals surface area contributed by atoms with Crippen molar-refractivity contribution in [3.63, 3.8) is 0 Å². The number of anilines is 1. The molecule has 38 heavy (non-hydrogen) atoms. The summed E-state index contributed by atoms with van der Waals surface area (Å²) in [5.41, 5.74) is 4.92. The van der Waals surface area contributed by atoms with Crippen molar-refractivity contribution >= 4 is 35.2 Å². The zero-order chi connectivity index (χ0) is 25.9. The third kappa shape index (κ3) is 4.71. The maximum absolute atomic E-state index is 11.3. The lowest BCUT2D eigenvalue weighted by molar-refractivity contribution is -0.384. The molecule has 1 N–H and O–H groups in total. The molecule has 0 aliphatic carbocycles. The second-order valence-corrected chi connectivity index (χ2v) is 11.7. The van der Waals surface area contributed by atoms with E-state index >= 15 is 0 Å². The molecular weight excluding hydrogens is 487 g/mol. The fourth-order valence-electron chi connectivity index (χ4n) is 5.42. The number of fused-ring (bicyclic) bond motifs is 1. The van der Waals surface area contributed by atoms with E-state index in [-0.39, 0.29) is 22.6 Å². The molecule has 1 heterocycles. The summed E-state index contributed by atoms with van der Waals surface area (Å²) in [6, 6.07) is 45.9. The number of nitro benzene ring substituents is 1. The van der Waals surface area contributed by atoms with Crippen molar-refractivity contribution in [3.8, 4) is 0 Å². The van der Waals surface area contributed by atoms with Crippen LogP contribution < -0.4 is 21.2 Å². The SMILES string of the molecule is O=[N+]([O-])c1ccc([C@@H]2C[C@H](c3ccccc3)c3cccc(P(c4ccccc4)c4ccccc4)c3N2)cc1. The average molecular weight is 515 g/mol. The predicted octanol–water partition coefficient (Wildman–Crippen LogP) is 7.04. The van der Waals surface area contributed by atoms with Gasteiger partial charge in [-0.15, -0.1) is 0 Å². The van der Waals surface area contributed by atoms with Crippen LogP contribution in [0.2, 0.25) is 0 Å². The Morgan fingerprint density at radius 2 is 1.24 bits per heavy atom. The predicted molar refractivity (Wildman–Crippen MR) is 158 cm³/mol. The number of benzene rings is 5. The summed E-state index contributed by atoms with van der Waals surface area (Å²) in [7, 11) is -0.802. The molecule has 5 aromatic rings. The molecule has 0 bridgehead atoms. The second-order valence-electron chi connectivity index (χ2n) is 9.49. The lowest BCUT2D eigenvalue weighted by atomic mass is 9.80. The van der Waals surface area contributed by atoms with Crippen LogP contribution in [0.4, 0.5) is 11.4 Å². The van der Waals surface area contributed by atoms with E-state index in [9.17, 15) is 10.1 Å². The molecule has 1 aliphatic heterocycles. The minimum absolute atomic E-state index is 0.0260. The van der Waals surface area contributed by atoms with Crippen LogP contribution >= 0.6 is 7.92 Å². The second kappa shape index (κ2) is 10.6. The molecule has 186 valence electrons. The van der Waals surface area contributed by atoms with Crippen LogP contribution in [0.25, 0.3) is 0 Å². The van der Waals surface area contributed by atoms with Gasteiger partial charge in [0, 0.05) is 29.0 Å². The molecule has 4 nitrogen and oxygen atoms in total. The van der Waals surface area contributed by atoms with Gasteiger partial charge >= 0.3 is 0 Å². The Balaban J connectivity index is 1.52. The van der Waals surface area contributed by atoms with Crippen LogP contribution in [0.1, 0.15) is 35.1 Å². The highest BCUT2D eigenvalue weighted by molar-refractivity contribution is 7.80. The van der Waals surface area contributed by atoms with Crippen molar-refractivity contribution in [2.24, 2.45) is 0 Å². The van der Waals surface area contributed by atoms with Gasteiger partial charge in [0.25, 0.3) is 5.69 Å². The Hall–Kier alpha value is -4.27. The highest BCUT2D eigenvalue weighted by Crippen LogP contribution is 2.47. The van der Waals surface area contributed by atoms with Crippen LogP contribution in [0.5, 0.6) is 0 Å². The van der Waals surface area contributed by atoms with Crippen LogP contribution in [0.15, 0.2) is 133 Å². The van der Waals surface area contributed by atoms with E-state index < -0.39 is 7.92 Å². The van der Waals surface area contributed by atoms with Gasteiger partial charge < -0.3 is 5.32 Å². The van der Waals surface area contributed by atoms with Crippen LogP contribution in [-0.4, -0.2) is 4.92 Å². The lowest BCUT2D eigenvalue weighted by Gasteiger charge is -2.36. The van der Waals surface area contributed by atoms with Crippen molar-refractivity contribution < 1.29 is 4.92 Å². The van der Waals surface area contributed by atoms with Gasteiger partial charge in [-0.05, 0) is 41.6 Å². The third-order valence-corrected chi connectivity index (χ3v) is 9.70. The molecule has 2 atom stereocenters. The molecule has 5 heteroatoms. The molecule has 0 amide bonds. The van der Waals surface area contributed by atoms with E-state index in [1.807, 2.05) is 12.1 Å². The zero-order valence-corrected chi connectivity index (χ0v) is 21.7. The Bertz CT molecular complexity index is 1500. The van der Waals surface area contributed by atoms with Crippen molar-refractivity contribution in [1.82, 2.24) is 0 Å². The number of nitro groups is 1. The molecular formula is C33H27N2O2P.